The maximum atomic E-state index is 11.7. The molecule has 104 valence electrons. The van der Waals surface area contributed by atoms with Crippen LogP contribution in [0.15, 0.2) is 41.7 Å². The van der Waals surface area contributed by atoms with Gasteiger partial charge < -0.3 is 5.21 Å². The minimum atomic E-state index is -0.146. The van der Waals surface area contributed by atoms with Crippen molar-refractivity contribution < 1.29 is 9.58 Å². The van der Waals surface area contributed by atoms with Gasteiger partial charge in [0.05, 0.1) is 10.6 Å². The summed E-state index contributed by atoms with van der Waals surface area (Å²) in [6.07, 6.45) is 3.49. The van der Waals surface area contributed by atoms with Crippen molar-refractivity contribution in [1.29, 1.82) is 0 Å². The molecule has 0 spiro atoms. The average molecular weight is 292 g/mol. The molecule has 1 unspecified atom stereocenters. The fraction of sp³-hybridized carbons (Fsp3) is 0.214. The molecule has 2 aliphatic rings. The summed E-state index contributed by atoms with van der Waals surface area (Å²) in [5.41, 5.74) is 6.02. The highest BCUT2D eigenvalue weighted by Gasteiger charge is 2.32. The predicted octanol–water partition coefficient (Wildman–Crippen LogP) is 2.35. The fourth-order valence-corrected chi connectivity index (χ4v) is 2.54. The molecule has 0 aromatic heterocycles. The summed E-state index contributed by atoms with van der Waals surface area (Å²) in [5, 5.41) is 15.3. The first kappa shape index (κ1) is 13.0. The monoisotopic (exact) mass is 291 g/mol. The Morgan fingerprint density at radius 1 is 1.35 bits per heavy atom. The van der Waals surface area contributed by atoms with E-state index in [1.165, 1.54) is 12.5 Å². The molecule has 1 aromatic carbocycles. The summed E-state index contributed by atoms with van der Waals surface area (Å²) in [6, 6.07) is 7.46. The van der Waals surface area contributed by atoms with E-state index < -0.39 is 0 Å². The second kappa shape index (κ2) is 5.19. The Bertz CT molecular complexity index is 637. The van der Waals surface area contributed by atoms with Gasteiger partial charge in [-0.25, -0.2) is 10.1 Å². The average Bonchev–Trinajstić information content (AvgIpc) is 2.76. The summed E-state index contributed by atoms with van der Waals surface area (Å²) >= 11 is 6.24. The molecule has 0 radical (unpaired) electrons. The van der Waals surface area contributed by atoms with Gasteiger partial charge in [0, 0.05) is 5.56 Å². The largest absolute Gasteiger partial charge is 0.711 e. The van der Waals surface area contributed by atoms with Crippen molar-refractivity contribution in [2.24, 2.45) is 0 Å². The first-order chi connectivity index (χ1) is 9.70. The zero-order valence-electron chi connectivity index (χ0n) is 10.9. The fourth-order valence-electron chi connectivity index (χ4n) is 2.31. The standard InChI is InChI=1S/C14H14ClN3O2/c1-2-12-10-7-18(19)8-16-13(14(10)17-20-12)9-5-3-4-6-11(9)15/h3-8,12,16-17H,2H2,1H3. The van der Waals surface area contributed by atoms with Crippen LogP contribution in [-0.4, -0.2) is 17.2 Å². The molecule has 1 atom stereocenters. The second-order valence-electron chi connectivity index (χ2n) is 4.56. The summed E-state index contributed by atoms with van der Waals surface area (Å²) in [4.78, 5) is 5.51. The summed E-state index contributed by atoms with van der Waals surface area (Å²) < 4.78 is 0.734. The summed E-state index contributed by atoms with van der Waals surface area (Å²) in [7, 11) is 0. The van der Waals surface area contributed by atoms with E-state index in [0.29, 0.717) is 5.02 Å². The van der Waals surface area contributed by atoms with Gasteiger partial charge in [0.15, 0.2) is 5.70 Å². The highest BCUT2D eigenvalue weighted by atomic mass is 35.5. The van der Waals surface area contributed by atoms with Crippen LogP contribution in [-0.2, 0) is 4.84 Å². The lowest BCUT2D eigenvalue weighted by Gasteiger charge is -2.07. The van der Waals surface area contributed by atoms with E-state index in [4.69, 9.17) is 16.4 Å². The lowest BCUT2D eigenvalue weighted by atomic mass is 10.0. The van der Waals surface area contributed by atoms with Crippen LogP contribution in [0.1, 0.15) is 18.9 Å². The lowest BCUT2D eigenvalue weighted by Crippen LogP contribution is -2.18. The summed E-state index contributed by atoms with van der Waals surface area (Å²) in [6.45, 7) is 2.00. The number of nitrogens with one attached hydrogen (secondary N) is 2. The Morgan fingerprint density at radius 2 is 2.15 bits per heavy atom. The molecule has 2 N–H and O–H groups in total. The number of hydrogen-bond acceptors (Lipinski definition) is 4. The van der Waals surface area contributed by atoms with Gasteiger partial charge in [-0.1, -0.05) is 30.7 Å². The molecule has 5 nitrogen and oxygen atoms in total. The van der Waals surface area contributed by atoms with Gasteiger partial charge in [-0.2, -0.15) is 0 Å². The SMILES string of the molecule is CCC1ONC2=C(c3ccccc3Cl)NC=[N+]([O-])C=C21. The van der Waals surface area contributed by atoms with Crippen LogP contribution in [0.3, 0.4) is 0 Å². The normalized spacial score (nSPS) is 21.4. The Morgan fingerprint density at radius 3 is 2.90 bits per heavy atom. The molecule has 6 heteroatoms. The molecule has 3 rings (SSSR count). The van der Waals surface area contributed by atoms with Crippen LogP contribution in [0.25, 0.3) is 5.70 Å². The first-order valence-electron chi connectivity index (χ1n) is 6.39. The Labute approximate surface area is 121 Å². The van der Waals surface area contributed by atoms with Crippen LogP contribution in [0.4, 0.5) is 0 Å². The number of halogens is 1. The quantitative estimate of drug-likeness (QED) is 0.649. The molecule has 0 aliphatic carbocycles. The summed E-state index contributed by atoms with van der Waals surface area (Å²) in [5.74, 6) is 0. The number of hydrogen-bond donors (Lipinski definition) is 2. The van der Waals surface area contributed by atoms with Crippen molar-refractivity contribution in [3.63, 3.8) is 0 Å². The molecule has 0 saturated carbocycles. The molecular weight excluding hydrogens is 278 g/mol. The third-order valence-electron chi connectivity index (χ3n) is 3.31. The third kappa shape index (κ3) is 2.15. The Hall–Kier alpha value is -1.98. The molecule has 2 aliphatic heterocycles. The molecule has 0 bridgehead atoms. The lowest BCUT2D eigenvalue weighted by molar-refractivity contribution is -0.375. The maximum Gasteiger partial charge on any atom is 0.244 e. The van der Waals surface area contributed by atoms with E-state index >= 15 is 0 Å². The van der Waals surface area contributed by atoms with Gasteiger partial charge in [-0.15, -0.1) is 0 Å². The third-order valence-corrected chi connectivity index (χ3v) is 3.63. The first-order valence-corrected chi connectivity index (χ1v) is 6.76. The van der Waals surface area contributed by atoms with Crippen molar-refractivity contribution in [2.45, 2.75) is 19.4 Å². The molecule has 2 heterocycles. The Kier molecular flexibility index (Phi) is 3.38. The molecule has 1 fully saturated rings. The van der Waals surface area contributed by atoms with E-state index in [0.717, 1.165) is 33.7 Å². The van der Waals surface area contributed by atoms with Gasteiger partial charge in [-0.3, -0.25) is 10.3 Å². The van der Waals surface area contributed by atoms with Crippen molar-refractivity contribution >= 4 is 23.6 Å². The van der Waals surface area contributed by atoms with Crippen LogP contribution >= 0.6 is 11.6 Å². The topological polar surface area (TPSA) is 59.4 Å². The molecule has 1 saturated heterocycles. The smallest absolute Gasteiger partial charge is 0.244 e. The zero-order valence-corrected chi connectivity index (χ0v) is 11.6. The van der Waals surface area contributed by atoms with Gasteiger partial charge in [0.25, 0.3) is 0 Å². The number of rotatable bonds is 2. The maximum absolute atomic E-state index is 11.7. The van der Waals surface area contributed by atoms with Crippen LogP contribution in [0.2, 0.25) is 5.02 Å². The molecule has 0 amide bonds. The van der Waals surface area contributed by atoms with Gasteiger partial charge >= 0.3 is 0 Å². The van der Waals surface area contributed by atoms with Gasteiger partial charge in [0.2, 0.25) is 6.34 Å². The van der Waals surface area contributed by atoms with E-state index in [9.17, 15) is 5.21 Å². The minimum absolute atomic E-state index is 0.146. The molecule has 20 heavy (non-hydrogen) atoms. The van der Waals surface area contributed by atoms with E-state index in [2.05, 4.69) is 10.8 Å². The highest BCUT2D eigenvalue weighted by Crippen LogP contribution is 2.32. The highest BCUT2D eigenvalue weighted by molar-refractivity contribution is 6.32. The van der Waals surface area contributed by atoms with Crippen LogP contribution < -0.4 is 10.8 Å². The van der Waals surface area contributed by atoms with Gasteiger partial charge in [0.1, 0.15) is 18.0 Å². The van der Waals surface area contributed by atoms with Gasteiger partial charge in [-0.05, 0) is 18.6 Å². The number of benzene rings is 1. The molecular formula is C14H14ClN3O2. The predicted molar refractivity (Wildman–Crippen MR) is 77.6 cm³/mol. The van der Waals surface area contributed by atoms with Crippen molar-refractivity contribution in [2.75, 3.05) is 0 Å². The van der Waals surface area contributed by atoms with Crippen LogP contribution in [0, 0.1) is 5.21 Å². The second-order valence-corrected chi connectivity index (χ2v) is 4.97. The zero-order chi connectivity index (χ0) is 14.1. The van der Waals surface area contributed by atoms with E-state index in [1.54, 1.807) is 0 Å². The van der Waals surface area contributed by atoms with E-state index in [1.807, 2.05) is 31.2 Å². The van der Waals surface area contributed by atoms with Crippen molar-refractivity contribution in [3.05, 3.63) is 57.5 Å². The minimum Gasteiger partial charge on any atom is -0.711 e. The van der Waals surface area contributed by atoms with Crippen molar-refractivity contribution in [3.8, 4) is 0 Å². The Balaban J connectivity index is 2.15. The van der Waals surface area contributed by atoms with Crippen LogP contribution in [0.5, 0.6) is 0 Å². The number of hydroxylamine groups is 2. The number of fused-ring (bicyclic) bond motifs is 1. The van der Waals surface area contributed by atoms with E-state index in [-0.39, 0.29) is 6.10 Å². The molecule has 1 aromatic rings. The number of nitrogens with zero attached hydrogens (tertiary/aromatic N) is 1. The van der Waals surface area contributed by atoms with Crippen molar-refractivity contribution in [1.82, 2.24) is 10.8 Å².